The molecule has 0 bridgehead atoms. The van der Waals surface area contributed by atoms with Gasteiger partial charge in [0.25, 0.3) is 5.91 Å². The Labute approximate surface area is 192 Å². The number of carbonyl (C=O) groups excluding carboxylic acids is 1. The standard InChI is InChI=1S/C25H29F2N3O3/c1-29(12-14-33-25(26)27)11-9-18-16-28-23-8-7-20(15-22(18)23)32-13-4-10-30-17-19-5-2-3-6-21(19)24(30)31/h2-3,5-8,15-16,25,28H,4,9-14,17H2,1H3. The molecule has 1 aromatic heterocycles. The predicted molar refractivity (Wildman–Crippen MR) is 123 cm³/mol. The third-order valence-corrected chi connectivity index (χ3v) is 5.96. The number of halogens is 2. The second-order valence-electron chi connectivity index (χ2n) is 8.29. The Hall–Kier alpha value is -2.97. The molecule has 1 N–H and O–H groups in total. The summed E-state index contributed by atoms with van der Waals surface area (Å²) in [7, 11) is 1.89. The fourth-order valence-electron chi connectivity index (χ4n) is 4.12. The van der Waals surface area contributed by atoms with E-state index in [0.29, 0.717) is 26.2 Å². The lowest BCUT2D eigenvalue weighted by molar-refractivity contribution is -0.131. The Morgan fingerprint density at radius 1 is 1.15 bits per heavy atom. The number of nitrogens with zero attached hydrogens (tertiary/aromatic N) is 2. The Balaban J connectivity index is 1.25. The molecule has 0 saturated carbocycles. The van der Waals surface area contributed by atoms with Gasteiger partial charge in [0.2, 0.25) is 0 Å². The first kappa shape index (κ1) is 23.2. The summed E-state index contributed by atoms with van der Waals surface area (Å²) in [5.41, 5.74) is 4.07. The summed E-state index contributed by atoms with van der Waals surface area (Å²) < 4.78 is 34.5. The molecule has 2 aromatic carbocycles. The number of rotatable bonds is 12. The van der Waals surface area contributed by atoms with E-state index >= 15 is 0 Å². The van der Waals surface area contributed by atoms with Gasteiger partial charge in [-0.15, -0.1) is 0 Å². The maximum Gasteiger partial charge on any atom is 0.345 e. The average molecular weight is 458 g/mol. The number of H-pyrrole nitrogens is 1. The molecule has 2 heterocycles. The van der Waals surface area contributed by atoms with Crippen LogP contribution in [0.1, 0.15) is 27.9 Å². The van der Waals surface area contributed by atoms with Gasteiger partial charge in [0.15, 0.2) is 0 Å². The molecule has 0 aliphatic carbocycles. The fourth-order valence-corrected chi connectivity index (χ4v) is 4.12. The minimum absolute atomic E-state index is 0.00908. The summed E-state index contributed by atoms with van der Waals surface area (Å²) >= 11 is 0. The molecule has 0 unspecified atom stereocenters. The van der Waals surface area contributed by atoms with Gasteiger partial charge < -0.3 is 24.3 Å². The van der Waals surface area contributed by atoms with Crippen LogP contribution in [0.2, 0.25) is 0 Å². The Morgan fingerprint density at radius 3 is 2.82 bits per heavy atom. The number of hydrogen-bond donors (Lipinski definition) is 1. The molecule has 0 spiro atoms. The van der Waals surface area contributed by atoms with Gasteiger partial charge in [0.1, 0.15) is 5.75 Å². The summed E-state index contributed by atoms with van der Waals surface area (Å²) in [6, 6.07) is 13.7. The molecule has 0 fully saturated rings. The first-order valence-electron chi connectivity index (χ1n) is 11.2. The van der Waals surface area contributed by atoms with Crippen molar-refractivity contribution in [2.24, 2.45) is 0 Å². The molecule has 3 aromatic rings. The Kier molecular flexibility index (Phi) is 7.57. The molecule has 0 atom stereocenters. The van der Waals surface area contributed by atoms with Gasteiger partial charge in [-0.05, 0) is 55.3 Å². The molecule has 8 heteroatoms. The highest BCUT2D eigenvalue weighted by atomic mass is 19.3. The highest BCUT2D eigenvalue weighted by molar-refractivity contribution is 5.98. The first-order chi connectivity index (χ1) is 16.0. The van der Waals surface area contributed by atoms with Crippen LogP contribution in [-0.4, -0.2) is 67.2 Å². The molecular formula is C25H29F2N3O3. The number of benzene rings is 2. The molecular weight excluding hydrogens is 428 g/mol. The van der Waals surface area contributed by atoms with E-state index in [0.717, 1.165) is 52.7 Å². The third kappa shape index (κ3) is 5.89. The number of alkyl halides is 2. The molecule has 1 aliphatic rings. The van der Waals surface area contributed by atoms with Gasteiger partial charge in [-0.1, -0.05) is 18.2 Å². The summed E-state index contributed by atoms with van der Waals surface area (Å²) in [5, 5.41) is 1.09. The summed E-state index contributed by atoms with van der Waals surface area (Å²) in [4.78, 5) is 19.6. The Morgan fingerprint density at radius 2 is 2.00 bits per heavy atom. The van der Waals surface area contributed by atoms with Gasteiger partial charge >= 0.3 is 6.61 Å². The quantitative estimate of drug-likeness (QED) is 0.412. The Bertz CT molecular complexity index is 1090. The van der Waals surface area contributed by atoms with Crippen LogP contribution < -0.4 is 4.74 Å². The van der Waals surface area contributed by atoms with Crippen LogP contribution in [0.3, 0.4) is 0 Å². The molecule has 0 saturated heterocycles. The van der Waals surface area contributed by atoms with Crippen molar-refractivity contribution in [3.05, 3.63) is 65.4 Å². The first-order valence-corrected chi connectivity index (χ1v) is 11.2. The van der Waals surface area contributed by atoms with E-state index in [2.05, 4.69) is 9.72 Å². The number of carbonyl (C=O) groups is 1. The number of aromatic amines is 1. The van der Waals surface area contributed by atoms with E-state index in [1.165, 1.54) is 0 Å². The topological polar surface area (TPSA) is 57.8 Å². The minimum atomic E-state index is -2.72. The van der Waals surface area contributed by atoms with Crippen molar-refractivity contribution >= 4 is 16.8 Å². The van der Waals surface area contributed by atoms with E-state index in [9.17, 15) is 13.6 Å². The van der Waals surface area contributed by atoms with Gasteiger partial charge in [-0.25, -0.2) is 0 Å². The van der Waals surface area contributed by atoms with Crippen LogP contribution in [-0.2, 0) is 17.7 Å². The largest absolute Gasteiger partial charge is 0.494 e. The number of fused-ring (bicyclic) bond motifs is 2. The number of likely N-dealkylation sites (N-methyl/N-ethyl adjacent to an activating group) is 1. The monoisotopic (exact) mass is 457 g/mol. The zero-order chi connectivity index (χ0) is 23.2. The van der Waals surface area contributed by atoms with Crippen molar-refractivity contribution in [1.29, 1.82) is 0 Å². The van der Waals surface area contributed by atoms with E-state index in [1.807, 2.05) is 65.5 Å². The highest BCUT2D eigenvalue weighted by Gasteiger charge is 2.26. The molecule has 33 heavy (non-hydrogen) atoms. The minimum Gasteiger partial charge on any atom is -0.494 e. The van der Waals surface area contributed by atoms with E-state index in [4.69, 9.17) is 4.74 Å². The van der Waals surface area contributed by atoms with Crippen molar-refractivity contribution < 1.29 is 23.0 Å². The number of aromatic nitrogens is 1. The van der Waals surface area contributed by atoms with Crippen molar-refractivity contribution in [2.75, 3.05) is 39.9 Å². The van der Waals surface area contributed by atoms with E-state index in [-0.39, 0.29) is 12.5 Å². The molecule has 4 rings (SSSR count). The normalized spacial score (nSPS) is 13.5. The number of hydrogen-bond acceptors (Lipinski definition) is 4. The van der Waals surface area contributed by atoms with Crippen LogP contribution in [0, 0.1) is 0 Å². The predicted octanol–water partition coefficient (Wildman–Crippen LogP) is 4.31. The maximum atomic E-state index is 12.5. The lowest BCUT2D eigenvalue weighted by Crippen LogP contribution is -2.26. The van der Waals surface area contributed by atoms with Crippen LogP contribution in [0.5, 0.6) is 5.75 Å². The van der Waals surface area contributed by atoms with Crippen LogP contribution in [0.4, 0.5) is 8.78 Å². The van der Waals surface area contributed by atoms with Gasteiger partial charge in [-0.2, -0.15) is 8.78 Å². The summed E-state index contributed by atoms with van der Waals surface area (Å²) in [6.07, 6.45) is 3.52. The van der Waals surface area contributed by atoms with Crippen LogP contribution >= 0.6 is 0 Å². The van der Waals surface area contributed by atoms with Crippen LogP contribution in [0.15, 0.2) is 48.7 Å². The van der Waals surface area contributed by atoms with Gasteiger partial charge in [-0.3, -0.25) is 4.79 Å². The van der Waals surface area contributed by atoms with Gasteiger partial charge in [0.05, 0.1) is 13.2 Å². The van der Waals surface area contributed by atoms with Crippen molar-refractivity contribution in [3.63, 3.8) is 0 Å². The SMILES string of the molecule is CN(CCOC(F)F)CCc1c[nH]c2ccc(OCCCN3Cc4ccccc4C3=O)cc12. The van der Waals surface area contributed by atoms with Gasteiger partial charge in [0, 0.05) is 48.8 Å². The third-order valence-electron chi connectivity index (χ3n) is 5.96. The molecule has 0 radical (unpaired) electrons. The number of nitrogens with one attached hydrogen (secondary N) is 1. The van der Waals surface area contributed by atoms with E-state index < -0.39 is 6.61 Å². The second kappa shape index (κ2) is 10.8. The molecule has 6 nitrogen and oxygen atoms in total. The lowest BCUT2D eigenvalue weighted by Gasteiger charge is -2.16. The zero-order valence-corrected chi connectivity index (χ0v) is 18.7. The second-order valence-corrected chi connectivity index (χ2v) is 8.29. The van der Waals surface area contributed by atoms with Crippen LogP contribution in [0.25, 0.3) is 10.9 Å². The smallest absolute Gasteiger partial charge is 0.345 e. The van der Waals surface area contributed by atoms with Crippen molar-refractivity contribution in [3.8, 4) is 5.75 Å². The molecule has 1 aliphatic heterocycles. The fraction of sp³-hybridized carbons (Fsp3) is 0.400. The lowest BCUT2D eigenvalue weighted by atomic mass is 10.1. The molecule has 176 valence electrons. The molecule has 1 amide bonds. The summed E-state index contributed by atoms with van der Waals surface area (Å²) in [6.45, 7) is 0.316. The van der Waals surface area contributed by atoms with Crippen molar-refractivity contribution in [2.45, 2.75) is 26.0 Å². The number of ether oxygens (including phenoxy) is 2. The van der Waals surface area contributed by atoms with Crippen molar-refractivity contribution in [1.82, 2.24) is 14.8 Å². The van der Waals surface area contributed by atoms with E-state index in [1.54, 1.807) is 0 Å². The zero-order valence-electron chi connectivity index (χ0n) is 18.7. The number of amides is 1. The average Bonchev–Trinajstić information content (AvgIpc) is 3.35. The maximum absolute atomic E-state index is 12.5. The highest BCUT2D eigenvalue weighted by Crippen LogP contribution is 2.25. The summed E-state index contributed by atoms with van der Waals surface area (Å²) in [5.74, 6) is 0.882.